The highest BCUT2D eigenvalue weighted by Gasteiger charge is 1.95. The molecule has 0 saturated carbocycles. The van der Waals surface area contributed by atoms with Gasteiger partial charge in [-0.05, 0) is 33.1 Å². The summed E-state index contributed by atoms with van der Waals surface area (Å²) in [7, 11) is 0. The Morgan fingerprint density at radius 2 is 1.86 bits per heavy atom. The maximum atomic E-state index is 10.7. The molecule has 78 valence electrons. The summed E-state index contributed by atoms with van der Waals surface area (Å²) in [5.74, 6) is 0.260. The van der Waals surface area contributed by atoms with Gasteiger partial charge in [0.1, 0.15) is 5.78 Å². The molecule has 0 aromatic heterocycles. The van der Waals surface area contributed by atoms with Crippen molar-refractivity contribution in [1.82, 2.24) is 0 Å². The summed E-state index contributed by atoms with van der Waals surface area (Å²) in [4.78, 5) is 10.7. The van der Waals surface area contributed by atoms with Gasteiger partial charge in [-0.15, -0.1) is 0 Å². The molecule has 0 bridgehead atoms. The van der Waals surface area contributed by atoms with E-state index in [1.54, 1.807) is 6.92 Å². The van der Waals surface area contributed by atoms with Gasteiger partial charge >= 0.3 is 0 Å². The third-order valence-electron chi connectivity index (χ3n) is 1.87. The first kappa shape index (κ1) is 12.9. The van der Waals surface area contributed by atoms with Crippen molar-refractivity contribution in [3.05, 3.63) is 36.5 Å². The Balaban J connectivity index is 3.56. The van der Waals surface area contributed by atoms with Crippen LogP contribution in [0.5, 0.6) is 0 Å². The van der Waals surface area contributed by atoms with Crippen LogP contribution in [0.4, 0.5) is 0 Å². The molecule has 0 spiro atoms. The molecule has 0 amide bonds. The van der Waals surface area contributed by atoms with Crippen molar-refractivity contribution in [2.45, 2.75) is 39.5 Å². The number of carbonyl (C=O) groups excluding carboxylic acids is 1. The third kappa shape index (κ3) is 8.98. The van der Waals surface area contributed by atoms with Crippen molar-refractivity contribution < 1.29 is 4.79 Å². The van der Waals surface area contributed by atoms with Gasteiger partial charge in [0.2, 0.25) is 0 Å². The molecule has 1 nitrogen and oxygen atoms in total. The van der Waals surface area contributed by atoms with E-state index >= 15 is 0 Å². The quantitative estimate of drug-likeness (QED) is 0.442. The van der Waals surface area contributed by atoms with Gasteiger partial charge < -0.3 is 4.79 Å². The Labute approximate surface area is 87.2 Å². The van der Waals surface area contributed by atoms with Crippen LogP contribution in [0, 0.1) is 0 Å². The van der Waals surface area contributed by atoms with Crippen LogP contribution in [0.25, 0.3) is 0 Å². The monoisotopic (exact) mass is 192 g/mol. The average Bonchev–Trinajstić information content (AvgIpc) is 2.02. The van der Waals surface area contributed by atoms with Gasteiger partial charge in [-0.3, -0.25) is 0 Å². The predicted molar refractivity (Wildman–Crippen MR) is 62.2 cm³/mol. The summed E-state index contributed by atoms with van der Waals surface area (Å²) >= 11 is 0. The normalized spacial score (nSPS) is 10.4. The zero-order chi connectivity index (χ0) is 11.0. The lowest BCUT2D eigenvalue weighted by Gasteiger charge is -2.00. The van der Waals surface area contributed by atoms with Crippen LogP contribution in [0.3, 0.4) is 0 Å². The number of carbonyl (C=O) groups is 1. The molecule has 0 saturated heterocycles. The van der Waals surface area contributed by atoms with Gasteiger partial charge in [0, 0.05) is 6.42 Å². The van der Waals surface area contributed by atoms with Crippen LogP contribution < -0.4 is 0 Å². The van der Waals surface area contributed by atoms with Gasteiger partial charge in [-0.2, -0.15) is 0 Å². The Bertz CT molecular complexity index is 246. The zero-order valence-corrected chi connectivity index (χ0v) is 9.31. The minimum Gasteiger partial charge on any atom is -0.300 e. The molecule has 14 heavy (non-hydrogen) atoms. The lowest BCUT2D eigenvalue weighted by atomic mass is 10.1. The highest BCUT2D eigenvalue weighted by molar-refractivity contribution is 5.75. The van der Waals surface area contributed by atoms with Crippen LogP contribution in [0.15, 0.2) is 36.5 Å². The molecular formula is C13H20O. The van der Waals surface area contributed by atoms with Gasteiger partial charge in [-0.1, -0.05) is 36.5 Å². The van der Waals surface area contributed by atoms with E-state index < -0.39 is 0 Å². The molecule has 0 aliphatic heterocycles. The van der Waals surface area contributed by atoms with E-state index in [0.717, 1.165) is 24.8 Å². The largest absolute Gasteiger partial charge is 0.300 e. The van der Waals surface area contributed by atoms with Crippen LogP contribution in [0.1, 0.15) is 39.5 Å². The van der Waals surface area contributed by atoms with Crippen LogP contribution in [-0.2, 0) is 4.79 Å². The molecule has 0 heterocycles. The number of ketones is 1. The predicted octanol–water partition coefficient (Wildman–Crippen LogP) is 3.82. The van der Waals surface area contributed by atoms with Crippen molar-refractivity contribution in [2.24, 2.45) is 0 Å². The van der Waals surface area contributed by atoms with E-state index in [0.29, 0.717) is 6.42 Å². The minimum atomic E-state index is 0.260. The lowest BCUT2D eigenvalue weighted by molar-refractivity contribution is -0.117. The van der Waals surface area contributed by atoms with Crippen molar-refractivity contribution in [1.29, 1.82) is 0 Å². The van der Waals surface area contributed by atoms with Crippen LogP contribution >= 0.6 is 0 Å². The topological polar surface area (TPSA) is 17.1 Å². The lowest BCUT2D eigenvalue weighted by Crippen LogP contribution is -1.90. The zero-order valence-electron chi connectivity index (χ0n) is 9.31. The molecule has 0 rings (SSSR count). The summed E-state index contributed by atoms with van der Waals surface area (Å²) in [6.45, 7) is 11.3. The van der Waals surface area contributed by atoms with Gasteiger partial charge in [0.25, 0.3) is 0 Å². The van der Waals surface area contributed by atoms with Crippen molar-refractivity contribution in [3.8, 4) is 0 Å². The number of hydrogen-bond donors (Lipinski definition) is 0. The first-order valence-electron chi connectivity index (χ1n) is 5.00. The summed E-state index contributed by atoms with van der Waals surface area (Å²) in [6, 6.07) is 0. The van der Waals surface area contributed by atoms with E-state index in [1.807, 2.05) is 13.0 Å². The number of hydrogen-bond acceptors (Lipinski definition) is 1. The summed E-state index contributed by atoms with van der Waals surface area (Å²) in [5.41, 5.74) is 2.24. The highest BCUT2D eigenvalue weighted by Crippen LogP contribution is 2.10. The van der Waals surface area contributed by atoms with Gasteiger partial charge in [0.05, 0.1) is 0 Å². The second-order valence-electron chi connectivity index (χ2n) is 3.76. The highest BCUT2D eigenvalue weighted by atomic mass is 16.1. The molecule has 0 N–H and O–H groups in total. The first-order chi connectivity index (χ1) is 6.52. The summed E-state index contributed by atoms with van der Waals surface area (Å²) in [5, 5.41) is 0. The SMILES string of the molecule is C=C(C)C=CCC(=C)CCCC(C)=O. The third-order valence-corrected chi connectivity index (χ3v) is 1.87. The van der Waals surface area contributed by atoms with Gasteiger partial charge in [0.15, 0.2) is 0 Å². The fraction of sp³-hybridized carbons (Fsp3) is 0.462. The first-order valence-corrected chi connectivity index (χ1v) is 5.00. The molecule has 0 aromatic carbocycles. The maximum Gasteiger partial charge on any atom is 0.129 e. The van der Waals surface area contributed by atoms with E-state index in [2.05, 4.69) is 19.2 Å². The average molecular weight is 192 g/mol. The molecule has 0 fully saturated rings. The van der Waals surface area contributed by atoms with Crippen molar-refractivity contribution in [3.63, 3.8) is 0 Å². The fourth-order valence-electron chi connectivity index (χ4n) is 1.12. The Kier molecular flexibility index (Phi) is 6.73. The smallest absolute Gasteiger partial charge is 0.129 e. The summed E-state index contributed by atoms with van der Waals surface area (Å²) in [6.07, 6.45) is 7.50. The Morgan fingerprint density at radius 1 is 1.21 bits per heavy atom. The molecule has 0 atom stereocenters. The fourth-order valence-corrected chi connectivity index (χ4v) is 1.12. The Morgan fingerprint density at radius 3 is 2.36 bits per heavy atom. The van der Waals surface area contributed by atoms with E-state index in [4.69, 9.17) is 0 Å². The molecule has 0 aromatic rings. The molecule has 0 radical (unpaired) electrons. The minimum absolute atomic E-state index is 0.260. The molecule has 0 unspecified atom stereocenters. The number of Topliss-reactive ketones (excluding diaryl/α,β-unsaturated/α-hetero) is 1. The number of rotatable bonds is 7. The number of allylic oxidation sites excluding steroid dienone is 4. The maximum absolute atomic E-state index is 10.7. The second-order valence-corrected chi connectivity index (χ2v) is 3.76. The molecule has 0 aliphatic rings. The molecule has 1 heteroatoms. The molecular weight excluding hydrogens is 172 g/mol. The second kappa shape index (κ2) is 7.31. The Hall–Kier alpha value is -1.11. The van der Waals surface area contributed by atoms with Crippen LogP contribution in [0.2, 0.25) is 0 Å². The van der Waals surface area contributed by atoms with E-state index in [1.165, 1.54) is 5.57 Å². The summed E-state index contributed by atoms with van der Waals surface area (Å²) < 4.78 is 0. The van der Waals surface area contributed by atoms with Crippen molar-refractivity contribution >= 4 is 5.78 Å². The van der Waals surface area contributed by atoms with Crippen molar-refractivity contribution in [2.75, 3.05) is 0 Å². The standard InChI is InChI=1S/C13H20O/c1-11(2)7-5-8-12(3)9-6-10-13(4)14/h5,7H,1,3,6,8-10H2,2,4H3. The van der Waals surface area contributed by atoms with Gasteiger partial charge in [-0.25, -0.2) is 0 Å². The van der Waals surface area contributed by atoms with E-state index in [9.17, 15) is 4.79 Å². The van der Waals surface area contributed by atoms with E-state index in [-0.39, 0.29) is 5.78 Å². The van der Waals surface area contributed by atoms with Crippen LogP contribution in [-0.4, -0.2) is 5.78 Å². The molecule has 0 aliphatic carbocycles.